The molecule has 0 amide bonds. The Balaban J connectivity index is 1.72. The van der Waals surface area contributed by atoms with Crippen LogP contribution in [0.25, 0.3) is 0 Å². The van der Waals surface area contributed by atoms with E-state index in [1.165, 1.54) is 7.11 Å². The second-order valence-corrected chi connectivity index (χ2v) is 6.29. The first-order chi connectivity index (χ1) is 11.1. The maximum Gasteiger partial charge on any atom is 0.315 e. The minimum Gasteiger partial charge on any atom is -0.494 e. The predicted octanol–water partition coefficient (Wildman–Crippen LogP) is 3.51. The average molecular weight is 322 g/mol. The van der Waals surface area contributed by atoms with Crippen LogP contribution >= 0.6 is 0 Å². The molecular weight excluding hydrogens is 299 g/mol. The molecule has 23 heavy (non-hydrogen) atoms. The number of fused-ring (bicyclic) bond motifs is 1. The lowest BCUT2D eigenvalue weighted by atomic mass is 9.75. The van der Waals surface area contributed by atoms with E-state index in [4.69, 9.17) is 14.2 Å². The summed E-state index contributed by atoms with van der Waals surface area (Å²) in [6.07, 6.45) is 4.72. The fourth-order valence-electron chi connectivity index (χ4n) is 3.76. The van der Waals surface area contributed by atoms with Crippen molar-refractivity contribution >= 4 is 5.97 Å². The molecule has 1 aromatic rings. The Hall–Kier alpha value is -1.62. The van der Waals surface area contributed by atoms with Gasteiger partial charge in [-0.15, -0.1) is 0 Å². The van der Waals surface area contributed by atoms with Crippen LogP contribution in [0.1, 0.15) is 38.2 Å². The van der Waals surface area contributed by atoms with E-state index in [1.807, 2.05) is 6.92 Å². The lowest BCUT2D eigenvalue weighted by Crippen LogP contribution is -2.36. The molecule has 1 aliphatic carbocycles. The van der Waals surface area contributed by atoms with Crippen LogP contribution in [0.4, 0.5) is 4.39 Å². The van der Waals surface area contributed by atoms with Crippen LogP contribution < -0.4 is 9.47 Å². The third-order valence-electron chi connectivity index (χ3n) is 5.00. The standard InChI is InChI=1S/C18H23FO4/c1-3-22-13-7-4-11(5-8-13)14-10-12-6-9-15(21-2)16(19)17(12)23-18(14)20/h6,9,11,13-14H,3-5,7-8,10H2,1-2H3. The summed E-state index contributed by atoms with van der Waals surface area (Å²) in [5.41, 5.74) is 0.750. The third-order valence-corrected chi connectivity index (χ3v) is 5.00. The van der Waals surface area contributed by atoms with E-state index < -0.39 is 5.82 Å². The van der Waals surface area contributed by atoms with Crippen LogP contribution in [0, 0.1) is 17.7 Å². The summed E-state index contributed by atoms with van der Waals surface area (Å²) < 4.78 is 30.1. The van der Waals surface area contributed by atoms with Crippen LogP contribution in [0.5, 0.6) is 11.5 Å². The van der Waals surface area contributed by atoms with Gasteiger partial charge in [0.1, 0.15) is 0 Å². The van der Waals surface area contributed by atoms with Gasteiger partial charge < -0.3 is 14.2 Å². The van der Waals surface area contributed by atoms with Gasteiger partial charge in [-0.25, -0.2) is 0 Å². The number of carbonyl (C=O) groups is 1. The van der Waals surface area contributed by atoms with Crippen molar-refractivity contribution in [2.75, 3.05) is 13.7 Å². The number of esters is 1. The summed E-state index contributed by atoms with van der Waals surface area (Å²) in [5, 5.41) is 0. The predicted molar refractivity (Wildman–Crippen MR) is 83.2 cm³/mol. The first-order valence-electron chi connectivity index (χ1n) is 8.32. The van der Waals surface area contributed by atoms with Crippen molar-refractivity contribution < 1.29 is 23.4 Å². The highest BCUT2D eigenvalue weighted by atomic mass is 19.1. The van der Waals surface area contributed by atoms with Gasteiger partial charge in [0.05, 0.1) is 19.1 Å². The number of carbonyl (C=O) groups excluding carboxylic acids is 1. The molecule has 1 fully saturated rings. The molecule has 4 nitrogen and oxygen atoms in total. The van der Waals surface area contributed by atoms with Crippen LogP contribution in [-0.2, 0) is 16.0 Å². The van der Waals surface area contributed by atoms with Crippen molar-refractivity contribution in [2.24, 2.45) is 11.8 Å². The van der Waals surface area contributed by atoms with E-state index in [-0.39, 0.29) is 29.3 Å². The summed E-state index contributed by atoms with van der Waals surface area (Å²) in [4.78, 5) is 12.4. The second kappa shape index (κ2) is 6.87. The highest BCUT2D eigenvalue weighted by molar-refractivity contribution is 5.78. The van der Waals surface area contributed by atoms with Crippen molar-refractivity contribution in [1.29, 1.82) is 0 Å². The monoisotopic (exact) mass is 322 g/mol. The van der Waals surface area contributed by atoms with Gasteiger partial charge in [-0.2, -0.15) is 4.39 Å². The Morgan fingerprint density at radius 3 is 2.65 bits per heavy atom. The molecule has 1 unspecified atom stereocenters. The minimum absolute atomic E-state index is 0.0357. The smallest absolute Gasteiger partial charge is 0.315 e. The lowest BCUT2D eigenvalue weighted by Gasteiger charge is -2.34. The first kappa shape index (κ1) is 16.2. The van der Waals surface area contributed by atoms with Crippen molar-refractivity contribution in [2.45, 2.75) is 45.1 Å². The van der Waals surface area contributed by atoms with E-state index >= 15 is 0 Å². The zero-order chi connectivity index (χ0) is 16.4. The average Bonchev–Trinajstić information content (AvgIpc) is 2.56. The number of hydrogen-bond acceptors (Lipinski definition) is 4. The highest BCUT2D eigenvalue weighted by Gasteiger charge is 2.38. The van der Waals surface area contributed by atoms with E-state index in [1.54, 1.807) is 12.1 Å². The third kappa shape index (κ3) is 3.20. The zero-order valence-electron chi connectivity index (χ0n) is 13.6. The molecule has 5 heteroatoms. The summed E-state index contributed by atoms with van der Waals surface area (Å²) in [6.45, 7) is 2.74. The molecule has 0 aromatic heterocycles. The Labute approximate surface area is 135 Å². The Morgan fingerprint density at radius 1 is 1.26 bits per heavy atom. The molecule has 1 saturated carbocycles. The molecule has 0 bridgehead atoms. The van der Waals surface area contributed by atoms with E-state index in [2.05, 4.69) is 0 Å². The molecular formula is C18H23FO4. The topological polar surface area (TPSA) is 44.8 Å². The van der Waals surface area contributed by atoms with Crippen molar-refractivity contribution in [1.82, 2.24) is 0 Å². The van der Waals surface area contributed by atoms with Gasteiger partial charge in [0.25, 0.3) is 0 Å². The first-order valence-corrected chi connectivity index (χ1v) is 8.32. The molecule has 1 heterocycles. The minimum atomic E-state index is -0.586. The van der Waals surface area contributed by atoms with Crippen LogP contribution in [0.15, 0.2) is 12.1 Å². The Bertz CT molecular complexity index is 579. The fourth-order valence-corrected chi connectivity index (χ4v) is 3.76. The van der Waals surface area contributed by atoms with Gasteiger partial charge in [-0.05, 0) is 56.6 Å². The van der Waals surface area contributed by atoms with Crippen LogP contribution in [0.2, 0.25) is 0 Å². The number of hydrogen-bond donors (Lipinski definition) is 0. The van der Waals surface area contributed by atoms with Gasteiger partial charge in [0.2, 0.25) is 5.82 Å². The Morgan fingerprint density at radius 2 is 2.00 bits per heavy atom. The molecule has 1 atom stereocenters. The normalized spacial score (nSPS) is 27.3. The number of ether oxygens (including phenoxy) is 3. The molecule has 0 N–H and O–H groups in total. The molecule has 1 aliphatic heterocycles. The van der Waals surface area contributed by atoms with E-state index in [9.17, 15) is 9.18 Å². The summed E-state index contributed by atoms with van der Waals surface area (Å²) in [7, 11) is 1.40. The number of benzene rings is 1. The van der Waals surface area contributed by atoms with Gasteiger partial charge >= 0.3 is 5.97 Å². The van der Waals surface area contributed by atoms with E-state index in [0.717, 1.165) is 37.9 Å². The SMILES string of the molecule is CCOC1CCC(C2Cc3ccc(OC)c(F)c3OC2=O)CC1. The maximum absolute atomic E-state index is 14.2. The fraction of sp³-hybridized carbons (Fsp3) is 0.611. The summed E-state index contributed by atoms with van der Waals surface area (Å²) in [6, 6.07) is 3.39. The second-order valence-electron chi connectivity index (χ2n) is 6.29. The van der Waals surface area contributed by atoms with Crippen molar-refractivity contribution in [3.8, 4) is 11.5 Å². The number of rotatable bonds is 4. The maximum atomic E-state index is 14.2. The molecule has 126 valence electrons. The highest BCUT2D eigenvalue weighted by Crippen LogP contribution is 2.41. The van der Waals surface area contributed by atoms with Crippen LogP contribution in [-0.4, -0.2) is 25.8 Å². The Kier molecular flexibility index (Phi) is 4.85. The van der Waals surface area contributed by atoms with Gasteiger partial charge in [0, 0.05) is 6.61 Å². The largest absolute Gasteiger partial charge is 0.494 e. The molecule has 0 saturated heterocycles. The quantitative estimate of drug-likeness (QED) is 0.628. The van der Waals surface area contributed by atoms with Gasteiger partial charge in [0.15, 0.2) is 11.5 Å². The number of halogens is 1. The summed E-state index contributed by atoms with van der Waals surface area (Å²) in [5.74, 6) is -0.655. The van der Waals surface area contributed by atoms with E-state index in [0.29, 0.717) is 12.5 Å². The van der Waals surface area contributed by atoms with Gasteiger partial charge in [-0.3, -0.25) is 4.79 Å². The van der Waals surface area contributed by atoms with Gasteiger partial charge in [-0.1, -0.05) is 6.07 Å². The van der Waals surface area contributed by atoms with Crippen molar-refractivity contribution in [3.05, 3.63) is 23.5 Å². The molecule has 1 aromatic carbocycles. The lowest BCUT2D eigenvalue weighted by molar-refractivity contribution is -0.143. The molecule has 2 aliphatic rings. The van der Waals surface area contributed by atoms with Crippen molar-refractivity contribution in [3.63, 3.8) is 0 Å². The number of methoxy groups -OCH3 is 1. The summed E-state index contributed by atoms with van der Waals surface area (Å²) >= 11 is 0. The molecule has 0 radical (unpaired) electrons. The molecule has 3 rings (SSSR count). The zero-order valence-corrected chi connectivity index (χ0v) is 13.6. The van der Waals surface area contributed by atoms with Crippen LogP contribution in [0.3, 0.4) is 0 Å². The molecule has 0 spiro atoms.